The van der Waals surface area contributed by atoms with Gasteiger partial charge < -0.3 is 9.15 Å². The molecule has 2 aromatic heterocycles. The van der Waals surface area contributed by atoms with Gasteiger partial charge in [0.15, 0.2) is 5.16 Å². The van der Waals surface area contributed by atoms with Crippen molar-refractivity contribution in [1.82, 2.24) is 19.7 Å². The Morgan fingerprint density at radius 2 is 2.03 bits per heavy atom. The van der Waals surface area contributed by atoms with Gasteiger partial charge in [0.1, 0.15) is 5.75 Å². The number of aryl methyl sites for hydroxylation is 1. The number of benzene rings is 2. The molecule has 0 bridgehead atoms. The van der Waals surface area contributed by atoms with Crippen LogP contribution in [0.25, 0.3) is 16.6 Å². The van der Waals surface area contributed by atoms with E-state index in [1.54, 1.807) is 36.4 Å². The molecule has 0 saturated heterocycles. The van der Waals surface area contributed by atoms with Crippen LogP contribution in [0, 0.1) is 6.92 Å². The summed E-state index contributed by atoms with van der Waals surface area (Å²) < 4.78 is 12.4. The number of hydrogen-bond donors (Lipinski definition) is 1. The quantitative estimate of drug-likeness (QED) is 0.290. The van der Waals surface area contributed by atoms with E-state index in [4.69, 9.17) is 20.8 Å². The van der Waals surface area contributed by atoms with Crippen molar-refractivity contribution in [3.8, 4) is 11.4 Å². The third kappa shape index (κ3) is 4.78. The second-order valence-electron chi connectivity index (χ2n) is 7.76. The number of hydrogen-bond acceptors (Lipinski definition) is 8. The topological polar surface area (TPSA) is 112 Å². The van der Waals surface area contributed by atoms with E-state index in [1.165, 1.54) is 11.7 Å². The lowest BCUT2D eigenvalue weighted by molar-refractivity contribution is -0.113. The first-order chi connectivity index (χ1) is 16.3. The molecule has 2 heterocycles. The van der Waals surface area contributed by atoms with Crippen molar-refractivity contribution in [3.63, 3.8) is 0 Å². The molecule has 0 unspecified atom stereocenters. The van der Waals surface area contributed by atoms with Gasteiger partial charge in [-0.1, -0.05) is 54.4 Å². The van der Waals surface area contributed by atoms with Crippen molar-refractivity contribution in [2.45, 2.75) is 31.8 Å². The molecule has 9 nitrogen and oxygen atoms in total. The minimum atomic E-state index is -0.378. The number of methoxy groups -OCH3 is 1. The minimum absolute atomic E-state index is 0.0214. The van der Waals surface area contributed by atoms with Gasteiger partial charge in [0.05, 0.1) is 29.5 Å². The van der Waals surface area contributed by atoms with Crippen LogP contribution in [0.15, 0.2) is 50.8 Å². The minimum Gasteiger partial charge on any atom is -0.495 e. The van der Waals surface area contributed by atoms with Gasteiger partial charge in [-0.3, -0.25) is 19.5 Å². The van der Waals surface area contributed by atoms with E-state index in [-0.39, 0.29) is 29.2 Å². The first-order valence-electron chi connectivity index (χ1n) is 10.4. The van der Waals surface area contributed by atoms with Crippen molar-refractivity contribution >= 4 is 46.2 Å². The summed E-state index contributed by atoms with van der Waals surface area (Å²) in [5.74, 6) is 0.462. The number of thioether (sulfide) groups is 1. The maximum Gasteiger partial charge on any atom is 0.322 e. The van der Waals surface area contributed by atoms with Crippen LogP contribution >= 0.6 is 23.4 Å². The van der Waals surface area contributed by atoms with Crippen molar-refractivity contribution in [2.24, 2.45) is 0 Å². The van der Waals surface area contributed by atoms with Gasteiger partial charge in [-0.25, -0.2) is 4.98 Å². The lowest BCUT2D eigenvalue weighted by atomic mass is 10.2. The Labute approximate surface area is 204 Å². The molecule has 0 fully saturated rings. The molecule has 0 aliphatic heterocycles. The molecule has 1 N–H and O–H groups in total. The first-order valence-corrected chi connectivity index (χ1v) is 11.8. The maximum atomic E-state index is 13.5. The number of para-hydroxylation sites is 1. The molecule has 176 valence electrons. The molecular weight excluding hydrogens is 478 g/mol. The van der Waals surface area contributed by atoms with Crippen molar-refractivity contribution in [1.29, 1.82) is 0 Å². The van der Waals surface area contributed by atoms with Crippen LogP contribution in [0.1, 0.15) is 31.2 Å². The van der Waals surface area contributed by atoms with Gasteiger partial charge in [-0.05, 0) is 30.7 Å². The van der Waals surface area contributed by atoms with E-state index in [0.29, 0.717) is 38.4 Å². The van der Waals surface area contributed by atoms with Gasteiger partial charge in [0.25, 0.3) is 5.56 Å². The number of carbonyl (C=O) groups excluding carboxylic acids is 1. The van der Waals surface area contributed by atoms with Gasteiger partial charge in [-0.15, -0.1) is 5.10 Å². The number of nitrogens with one attached hydrogen (secondary N) is 1. The highest BCUT2D eigenvalue weighted by Crippen LogP contribution is 2.32. The Bertz CT molecular complexity index is 1430. The molecule has 0 saturated carbocycles. The average molecular weight is 500 g/mol. The second kappa shape index (κ2) is 9.86. The van der Waals surface area contributed by atoms with Gasteiger partial charge in [-0.2, -0.15) is 0 Å². The maximum absolute atomic E-state index is 13.5. The molecule has 0 aliphatic rings. The van der Waals surface area contributed by atoms with E-state index in [0.717, 1.165) is 17.3 Å². The second-order valence-corrected chi connectivity index (χ2v) is 9.11. The molecule has 1 amide bonds. The summed E-state index contributed by atoms with van der Waals surface area (Å²) in [6.45, 7) is 5.65. The van der Waals surface area contributed by atoms with E-state index >= 15 is 0 Å². The molecule has 0 radical (unpaired) electrons. The van der Waals surface area contributed by atoms with Crippen LogP contribution in [0.3, 0.4) is 0 Å². The summed E-state index contributed by atoms with van der Waals surface area (Å²) in [4.78, 5) is 30.7. The predicted molar refractivity (Wildman–Crippen MR) is 131 cm³/mol. The molecule has 2 aromatic carbocycles. The normalized spacial score (nSPS) is 11.2. The Balaban J connectivity index is 1.71. The Hall–Kier alpha value is -3.37. The van der Waals surface area contributed by atoms with Crippen LogP contribution in [0.2, 0.25) is 5.02 Å². The standard InChI is InChI=1S/C23H22ClN5O4S/c1-12(2)20-27-28-22(33-20)26-19(30)11-34-23-25-16-8-6-5-7-14(16)21(31)29(23)17-9-13(3)15(24)10-18(17)32-4/h5-10,12H,11H2,1-4H3,(H,26,28,30). The number of aromatic nitrogens is 4. The monoisotopic (exact) mass is 499 g/mol. The Morgan fingerprint density at radius 3 is 2.74 bits per heavy atom. The first kappa shape index (κ1) is 23.8. The van der Waals surface area contributed by atoms with Crippen LogP contribution < -0.4 is 15.6 Å². The number of anilines is 1. The average Bonchev–Trinajstić information content (AvgIpc) is 3.28. The summed E-state index contributed by atoms with van der Waals surface area (Å²) >= 11 is 7.37. The zero-order valence-corrected chi connectivity index (χ0v) is 20.5. The fraction of sp³-hybridized carbons (Fsp3) is 0.261. The van der Waals surface area contributed by atoms with E-state index in [9.17, 15) is 9.59 Å². The zero-order valence-electron chi connectivity index (χ0n) is 19.0. The lowest BCUT2D eigenvalue weighted by Gasteiger charge is -2.17. The van der Waals surface area contributed by atoms with Crippen LogP contribution in [0.4, 0.5) is 6.01 Å². The van der Waals surface area contributed by atoms with Crippen molar-refractivity contribution < 1.29 is 13.9 Å². The molecule has 11 heteroatoms. The van der Waals surface area contributed by atoms with Crippen LogP contribution in [-0.4, -0.2) is 38.5 Å². The summed E-state index contributed by atoms with van der Waals surface area (Å²) in [5, 5.41) is 11.6. The fourth-order valence-corrected chi connectivity index (χ4v) is 4.17. The van der Waals surface area contributed by atoms with Crippen molar-refractivity contribution in [2.75, 3.05) is 18.2 Å². The highest BCUT2D eigenvalue weighted by molar-refractivity contribution is 7.99. The van der Waals surface area contributed by atoms with Gasteiger partial charge in [0, 0.05) is 17.0 Å². The number of halogens is 1. The number of nitrogens with zero attached hydrogens (tertiary/aromatic N) is 4. The summed E-state index contributed by atoms with van der Waals surface area (Å²) in [5.41, 5.74) is 1.49. The molecular formula is C23H22ClN5O4S. The Morgan fingerprint density at radius 1 is 1.26 bits per heavy atom. The largest absolute Gasteiger partial charge is 0.495 e. The van der Waals surface area contributed by atoms with Gasteiger partial charge >= 0.3 is 6.01 Å². The van der Waals surface area contributed by atoms with E-state index < -0.39 is 0 Å². The van der Waals surface area contributed by atoms with E-state index in [2.05, 4.69) is 20.5 Å². The molecule has 0 spiro atoms. The number of ether oxygens (including phenoxy) is 1. The third-order valence-corrected chi connectivity index (χ3v) is 6.30. The van der Waals surface area contributed by atoms with Gasteiger partial charge in [0.2, 0.25) is 11.8 Å². The SMILES string of the molecule is COc1cc(Cl)c(C)cc1-n1c(SCC(=O)Nc2nnc(C(C)C)o2)nc2ccccc2c1=O. The Kier molecular flexibility index (Phi) is 6.90. The lowest BCUT2D eigenvalue weighted by Crippen LogP contribution is -2.23. The molecule has 4 rings (SSSR count). The molecule has 34 heavy (non-hydrogen) atoms. The summed E-state index contributed by atoms with van der Waals surface area (Å²) in [6, 6.07) is 10.5. The van der Waals surface area contributed by atoms with Crippen LogP contribution in [0.5, 0.6) is 5.75 Å². The summed E-state index contributed by atoms with van der Waals surface area (Å²) in [6.07, 6.45) is 0. The number of amides is 1. The molecule has 0 aliphatic carbocycles. The van der Waals surface area contributed by atoms with Crippen molar-refractivity contribution in [3.05, 3.63) is 63.2 Å². The zero-order chi connectivity index (χ0) is 24.4. The van der Waals surface area contributed by atoms with E-state index in [1.807, 2.05) is 20.8 Å². The number of fused-ring (bicyclic) bond motifs is 1. The summed E-state index contributed by atoms with van der Waals surface area (Å²) in [7, 11) is 1.50. The molecule has 0 atom stereocenters. The predicted octanol–water partition coefficient (Wildman–Crippen LogP) is 4.59. The molecule has 4 aromatic rings. The number of rotatable bonds is 7. The third-order valence-electron chi connectivity index (χ3n) is 4.96. The van der Waals surface area contributed by atoms with Crippen LogP contribution in [-0.2, 0) is 4.79 Å². The number of carbonyl (C=O) groups is 1. The fourth-order valence-electron chi connectivity index (χ4n) is 3.21. The highest BCUT2D eigenvalue weighted by atomic mass is 35.5. The smallest absolute Gasteiger partial charge is 0.322 e. The highest BCUT2D eigenvalue weighted by Gasteiger charge is 2.19.